The van der Waals surface area contributed by atoms with Crippen molar-refractivity contribution >= 4 is 28.0 Å². The minimum absolute atomic E-state index is 0.490. The van der Waals surface area contributed by atoms with Crippen LogP contribution in [0.5, 0.6) is 0 Å². The van der Waals surface area contributed by atoms with E-state index >= 15 is 0 Å². The molecule has 0 saturated carbocycles. The van der Waals surface area contributed by atoms with Crippen LogP contribution in [0.1, 0.15) is 51.8 Å². The predicted octanol–water partition coefficient (Wildman–Crippen LogP) is 18.0. The van der Waals surface area contributed by atoms with Gasteiger partial charge in [0.2, 0.25) is 0 Å². The summed E-state index contributed by atoms with van der Waals surface area (Å²) >= 11 is 0. The molecule has 3 aliphatic rings. The Morgan fingerprint density at radius 3 is 1.48 bits per heavy atom. The summed E-state index contributed by atoms with van der Waals surface area (Å²) in [6, 6.07) is 96.5. The van der Waals surface area contributed by atoms with Crippen LogP contribution in [0.4, 0.5) is 17.1 Å². The largest absolute Gasteiger partial charge is 0.310 e. The van der Waals surface area contributed by atoms with E-state index < -0.39 is 10.8 Å². The van der Waals surface area contributed by atoms with Crippen molar-refractivity contribution in [3.05, 3.63) is 324 Å². The maximum Gasteiger partial charge on any atom is 0.0788 e. The molecule has 73 heavy (non-hydrogen) atoms. The van der Waals surface area contributed by atoms with Gasteiger partial charge in [0, 0.05) is 33.6 Å². The fourth-order valence-corrected chi connectivity index (χ4v) is 12.7. The second-order valence-electron chi connectivity index (χ2n) is 19.6. The molecule has 1 unspecified atom stereocenters. The smallest absolute Gasteiger partial charge is 0.0788 e. The van der Waals surface area contributed by atoms with Crippen LogP contribution in [-0.4, -0.2) is 4.98 Å². The minimum Gasteiger partial charge on any atom is -0.310 e. The van der Waals surface area contributed by atoms with Gasteiger partial charge in [-0.1, -0.05) is 224 Å². The third kappa shape index (κ3) is 6.60. The predicted molar refractivity (Wildman–Crippen MR) is 303 cm³/mol. The number of para-hydroxylation sites is 2. The van der Waals surface area contributed by atoms with E-state index in [1.165, 1.54) is 66.8 Å². The number of fused-ring (bicyclic) bond motifs is 7. The van der Waals surface area contributed by atoms with Crippen molar-refractivity contribution in [2.45, 2.75) is 23.7 Å². The summed E-state index contributed by atoms with van der Waals surface area (Å²) in [6.45, 7) is 0. The summed E-state index contributed by atoms with van der Waals surface area (Å²) in [6.07, 6.45) is 9.30. The molecule has 0 radical (unpaired) electrons. The van der Waals surface area contributed by atoms with Gasteiger partial charge in [0.05, 0.1) is 22.0 Å². The summed E-state index contributed by atoms with van der Waals surface area (Å²) in [7, 11) is 0. The van der Waals surface area contributed by atoms with E-state index in [9.17, 15) is 0 Å². The number of nitrogens with zero attached hydrogens (tertiary/aromatic N) is 2. The van der Waals surface area contributed by atoms with Crippen LogP contribution in [0.2, 0.25) is 0 Å². The first-order valence-electron chi connectivity index (χ1n) is 25.6. The Labute approximate surface area is 427 Å². The summed E-state index contributed by atoms with van der Waals surface area (Å²) in [5, 5.41) is 1.12. The highest BCUT2D eigenvalue weighted by Crippen LogP contribution is 2.60. The number of pyridine rings is 1. The highest BCUT2D eigenvalue weighted by molar-refractivity contribution is 5.96. The molecule has 0 aliphatic heterocycles. The molecule has 11 aromatic rings. The van der Waals surface area contributed by atoms with Gasteiger partial charge in [0.15, 0.2) is 0 Å². The molecule has 14 rings (SSSR count). The van der Waals surface area contributed by atoms with Gasteiger partial charge in [-0.25, -0.2) is 4.98 Å². The lowest BCUT2D eigenvalue weighted by Crippen LogP contribution is -2.30. The van der Waals surface area contributed by atoms with Gasteiger partial charge in [-0.3, -0.25) is 0 Å². The third-order valence-corrected chi connectivity index (χ3v) is 15.8. The molecule has 0 fully saturated rings. The lowest BCUT2D eigenvalue weighted by molar-refractivity contribution is 0.751. The fourth-order valence-electron chi connectivity index (χ4n) is 12.7. The van der Waals surface area contributed by atoms with Crippen molar-refractivity contribution in [3.63, 3.8) is 0 Å². The van der Waals surface area contributed by atoms with E-state index in [1.54, 1.807) is 0 Å². The second-order valence-corrected chi connectivity index (χ2v) is 19.6. The normalized spacial score (nSPS) is 15.8. The summed E-state index contributed by atoms with van der Waals surface area (Å²) in [5.41, 5.74) is 22.6. The molecule has 344 valence electrons. The van der Waals surface area contributed by atoms with Gasteiger partial charge >= 0.3 is 0 Å². The van der Waals surface area contributed by atoms with Crippen molar-refractivity contribution in [3.8, 4) is 44.6 Å². The second kappa shape index (κ2) is 17.3. The topological polar surface area (TPSA) is 16.1 Å². The Bertz CT molecular complexity index is 3910. The zero-order valence-corrected chi connectivity index (χ0v) is 40.4. The fraction of sp³-hybridized carbons (Fsp3) is 0.0563. The van der Waals surface area contributed by atoms with E-state index in [0.29, 0.717) is 0 Å². The first-order chi connectivity index (χ1) is 36.2. The molecule has 0 saturated heterocycles. The third-order valence-electron chi connectivity index (χ3n) is 15.8. The van der Waals surface area contributed by atoms with Gasteiger partial charge < -0.3 is 4.90 Å². The van der Waals surface area contributed by atoms with Crippen LogP contribution < -0.4 is 4.90 Å². The van der Waals surface area contributed by atoms with Gasteiger partial charge in [0.1, 0.15) is 0 Å². The van der Waals surface area contributed by atoms with Crippen LogP contribution in [0.25, 0.3) is 55.5 Å². The van der Waals surface area contributed by atoms with Gasteiger partial charge in [0.25, 0.3) is 0 Å². The number of hydrogen-bond acceptors (Lipinski definition) is 2. The van der Waals surface area contributed by atoms with Crippen molar-refractivity contribution in [1.29, 1.82) is 0 Å². The number of allylic oxidation sites excluding steroid dienone is 4. The van der Waals surface area contributed by atoms with E-state index in [1.807, 2.05) is 0 Å². The number of aromatic nitrogens is 1. The van der Waals surface area contributed by atoms with Crippen molar-refractivity contribution in [2.24, 2.45) is 0 Å². The van der Waals surface area contributed by atoms with E-state index in [4.69, 9.17) is 4.98 Å². The maximum atomic E-state index is 5.48. The Balaban J connectivity index is 1.01. The molecule has 0 bridgehead atoms. The molecule has 10 aromatic carbocycles. The van der Waals surface area contributed by atoms with E-state index in [2.05, 4.69) is 284 Å². The highest BCUT2D eigenvalue weighted by atomic mass is 15.1. The molecule has 2 nitrogen and oxygen atoms in total. The zero-order valence-electron chi connectivity index (χ0n) is 40.4. The highest BCUT2D eigenvalue weighted by Gasteiger charge is 2.49. The molecule has 1 atom stereocenters. The lowest BCUT2D eigenvalue weighted by Gasteiger charge is -2.37. The molecular formula is C71H50N2. The van der Waals surface area contributed by atoms with Crippen molar-refractivity contribution < 1.29 is 0 Å². The first kappa shape index (κ1) is 42.7. The van der Waals surface area contributed by atoms with Crippen molar-refractivity contribution in [2.75, 3.05) is 4.90 Å². The van der Waals surface area contributed by atoms with Crippen LogP contribution in [-0.2, 0) is 10.8 Å². The van der Waals surface area contributed by atoms with Crippen LogP contribution >= 0.6 is 0 Å². The van der Waals surface area contributed by atoms with E-state index in [0.717, 1.165) is 63.2 Å². The summed E-state index contributed by atoms with van der Waals surface area (Å²) in [4.78, 5) is 7.95. The SMILES string of the molecule is C1=CC(C2(c3ccccc3)c3ccccc3-c3ccc(N(c4ccccc4)c4ccc5c(c4)C(c4ccccc4)(c4ccccc4)c4cc(-c6nc7ccccc7cc6-c6ccccc6)ccc4-5)cc32)=CCC1. The molecule has 2 heteroatoms. The Kier molecular flexibility index (Phi) is 10.1. The number of anilines is 3. The number of benzene rings is 10. The summed E-state index contributed by atoms with van der Waals surface area (Å²) < 4.78 is 0. The number of rotatable bonds is 9. The zero-order chi connectivity index (χ0) is 48.3. The maximum absolute atomic E-state index is 5.48. The van der Waals surface area contributed by atoms with E-state index in [-0.39, 0.29) is 0 Å². The first-order valence-corrected chi connectivity index (χ1v) is 25.6. The standard InChI is InChI=1S/C71H50N2/c1-7-23-49(24-8-1)63-45-50-25-19-22-38-68(50)72-69(63)51-39-42-60-62-44-41-58(48-67(62)71(65(60)46-51,54-30-13-4-14-31-54)55-32-15-5-16-33-55)73(56-34-17-6-18-35-56)57-40-43-61-59-36-20-21-37-64(59)70(66(61)47-57,52-26-9-2-10-27-52)53-28-11-3-12-29-53/h1-2,4-11,13-48H,3,12H2. The van der Waals surface area contributed by atoms with Crippen molar-refractivity contribution in [1.82, 2.24) is 4.98 Å². The Hall–Kier alpha value is -9.11. The lowest BCUT2D eigenvalue weighted by atomic mass is 9.66. The molecular weight excluding hydrogens is 881 g/mol. The van der Waals surface area contributed by atoms with Crippen LogP contribution in [0.3, 0.4) is 0 Å². The average molecular weight is 931 g/mol. The minimum atomic E-state index is -0.673. The molecule has 1 aromatic heterocycles. The van der Waals surface area contributed by atoms with Gasteiger partial charge in [-0.2, -0.15) is 0 Å². The Morgan fingerprint density at radius 2 is 0.849 bits per heavy atom. The van der Waals surface area contributed by atoms with Crippen LogP contribution in [0.15, 0.2) is 285 Å². The number of hydrogen-bond donors (Lipinski definition) is 0. The average Bonchev–Trinajstić information content (AvgIpc) is 3.94. The van der Waals surface area contributed by atoms with Crippen LogP contribution in [0, 0.1) is 0 Å². The molecule has 0 N–H and O–H groups in total. The molecule has 3 aliphatic carbocycles. The van der Waals surface area contributed by atoms with Gasteiger partial charge in [-0.05, 0) is 140 Å². The summed E-state index contributed by atoms with van der Waals surface area (Å²) in [5.74, 6) is 0. The Morgan fingerprint density at radius 1 is 0.342 bits per heavy atom. The molecule has 1 heterocycles. The monoisotopic (exact) mass is 930 g/mol. The quantitative estimate of drug-likeness (QED) is 0.143. The van der Waals surface area contributed by atoms with Gasteiger partial charge in [-0.15, -0.1) is 0 Å². The molecule has 0 amide bonds. The molecule has 0 spiro atoms.